The molecule has 1 aromatic carbocycles. The molecule has 0 bridgehead atoms. The van der Waals surface area contributed by atoms with Crippen LogP contribution in [-0.4, -0.2) is 12.1 Å². The third-order valence-electron chi connectivity index (χ3n) is 2.83. The summed E-state index contributed by atoms with van der Waals surface area (Å²) in [5.74, 6) is 1.29. The van der Waals surface area contributed by atoms with Crippen molar-refractivity contribution in [2.45, 2.75) is 13.8 Å². The predicted octanol–water partition coefficient (Wildman–Crippen LogP) is 4.08. The minimum Gasteiger partial charge on any atom is -0.497 e. The summed E-state index contributed by atoms with van der Waals surface area (Å²) >= 11 is 3.43. The second-order valence-electron chi connectivity index (χ2n) is 4.42. The number of aromatic nitrogens is 1. The van der Waals surface area contributed by atoms with Crippen LogP contribution >= 0.6 is 15.9 Å². The van der Waals surface area contributed by atoms with Crippen LogP contribution in [0.2, 0.25) is 0 Å². The molecule has 2 aromatic rings. The van der Waals surface area contributed by atoms with Gasteiger partial charge in [-0.15, -0.1) is 0 Å². The second kappa shape index (κ2) is 5.93. The molecule has 0 radical (unpaired) electrons. The van der Waals surface area contributed by atoms with Gasteiger partial charge < -0.3 is 10.1 Å². The van der Waals surface area contributed by atoms with Crippen LogP contribution in [0.5, 0.6) is 5.75 Å². The van der Waals surface area contributed by atoms with Crippen LogP contribution in [0.15, 0.2) is 28.7 Å². The lowest BCUT2D eigenvalue weighted by molar-refractivity contribution is 0.415. The first-order chi connectivity index (χ1) is 9.53. The molecule has 1 heterocycles. The Morgan fingerprint density at radius 1 is 1.25 bits per heavy atom. The van der Waals surface area contributed by atoms with Crippen molar-refractivity contribution in [1.82, 2.24) is 4.98 Å². The third kappa shape index (κ3) is 3.09. The molecule has 0 aliphatic heterocycles. The van der Waals surface area contributed by atoms with Crippen LogP contribution in [0, 0.1) is 25.2 Å². The lowest BCUT2D eigenvalue weighted by Gasteiger charge is -2.11. The van der Waals surface area contributed by atoms with Gasteiger partial charge in [0.15, 0.2) is 0 Å². The van der Waals surface area contributed by atoms with Crippen molar-refractivity contribution < 1.29 is 4.74 Å². The average Bonchev–Trinajstić information content (AvgIpc) is 2.37. The van der Waals surface area contributed by atoms with E-state index in [9.17, 15) is 5.26 Å². The SMILES string of the molecule is COc1cc(Br)cc(Nc2nc(C)cc(C)c2C#N)c1. The van der Waals surface area contributed by atoms with E-state index in [4.69, 9.17) is 4.74 Å². The summed E-state index contributed by atoms with van der Waals surface area (Å²) in [4.78, 5) is 4.40. The van der Waals surface area contributed by atoms with Crippen molar-refractivity contribution in [2.75, 3.05) is 12.4 Å². The molecule has 0 spiro atoms. The highest BCUT2D eigenvalue weighted by molar-refractivity contribution is 9.10. The molecule has 0 unspecified atom stereocenters. The Bertz CT molecular complexity index is 692. The molecule has 0 fully saturated rings. The van der Waals surface area contributed by atoms with Crippen LogP contribution in [0.25, 0.3) is 0 Å². The maximum Gasteiger partial charge on any atom is 0.148 e. The maximum absolute atomic E-state index is 9.26. The molecule has 0 saturated carbocycles. The number of nitriles is 1. The first-order valence-corrected chi connectivity index (χ1v) is 6.82. The number of rotatable bonds is 3. The van der Waals surface area contributed by atoms with E-state index < -0.39 is 0 Å². The van der Waals surface area contributed by atoms with E-state index in [-0.39, 0.29) is 0 Å². The largest absolute Gasteiger partial charge is 0.497 e. The van der Waals surface area contributed by atoms with Gasteiger partial charge in [0, 0.05) is 21.9 Å². The van der Waals surface area contributed by atoms with E-state index in [1.807, 2.05) is 38.1 Å². The highest BCUT2D eigenvalue weighted by atomic mass is 79.9. The highest BCUT2D eigenvalue weighted by Crippen LogP contribution is 2.28. The molecule has 102 valence electrons. The van der Waals surface area contributed by atoms with E-state index in [0.29, 0.717) is 11.4 Å². The van der Waals surface area contributed by atoms with E-state index >= 15 is 0 Å². The van der Waals surface area contributed by atoms with E-state index in [0.717, 1.165) is 27.2 Å². The van der Waals surface area contributed by atoms with Gasteiger partial charge in [0.05, 0.1) is 12.7 Å². The summed E-state index contributed by atoms with van der Waals surface area (Å²) in [5, 5.41) is 12.4. The number of halogens is 1. The summed E-state index contributed by atoms with van der Waals surface area (Å²) < 4.78 is 6.11. The normalized spacial score (nSPS) is 9.95. The molecule has 5 heteroatoms. The van der Waals surface area contributed by atoms with Gasteiger partial charge in [-0.1, -0.05) is 15.9 Å². The third-order valence-corrected chi connectivity index (χ3v) is 3.28. The van der Waals surface area contributed by atoms with Gasteiger partial charge in [-0.2, -0.15) is 5.26 Å². The smallest absolute Gasteiger partial charge is 0.148 e. The van der Waals surface area contributed by atoms with Crippen molar-refractivity contribution in [3.05, 3.63) is 45.6 Å². The molecule has 4 nitrogen and oxygen atoms in total. The Kier molecular flexibility index (Phi) is 4.26. The summed E-state index contributed by atoms with van der Waals surface area (Å²) in [6, 6.07) is 9.71. The maximum atomic E-state index is 9.26. The van der Waals surface area contributed by atoms with Crippen molar-refractivity contribution in [3.63, 3.8) is 0 Å². The lowest BCUT2D eigenvalue weighted by atomic mass is 10.1. The number of nitrogens with zero attached hydrogens (tertiary/aromatic N) is 2. The zero-order valence-corrected chi connectivity index (χ0v) is 13.1. The fourth-order valence-corrected chi connectivity index (χ4v) is 2.43. The number of hydrogen-bond acceptors (Lipinski definition) is 4. The second-order valence-corrected chi connectivity index (χ2v) is 5.34. The Balaban J connectivity index is 2.45. The minimum absolute atomic E-state index is 0.551. The quantitative estimate of drug-likeness (QED) is 0.920. The molecular weight excluding hydrogens is 318 g/mol. The van der Waals surface area contributed by atoms with Crippen molar-refractivity contribution in [2.24, 2.45) is 0 Å². The first-order valence-electron chi connectivity index (χ1n) is 6.03. The number of anilines is 2. The van der Waals surface area contributed by atoms with Gasteiger partial charge in [0.1, 0.15) is 17.6 Å². The molecule has 2 rings (SSSR count). The highest BCUT2D eigenvalue weighted by Gasteiger charge is 2.09. The summed E-state index contributed by atoms with van der Waals surface area (Å²) in [5.41, 5.74) is 3.13. The molecule has 0 amide bonds. The van der Waals surface area contributed by atoms with Gasteiger partial charge in [0.2, 0.25) is 0 Å². The average molecular weight is 332 g/mol. The first kappa shape index (κ1) is 14.4. The fraction of sp³-hybridized carbons (Fsp3) is 0.200. The number of nitrogens with one attached hydrogen (secondary N) is 1. The van der Waals surface area contributed by atoms with E-state index in [2.05, 4.69) is 32.3 Å². The van der Waals surface area contributed by atoms with Crippen LogP contribution < -0.4 is 10.1 Å². The minimum atomic E-state index is 0.551. The van der Waals surface area contributed by atoms with Gasteiger partial charge >= 0.3 is 0 Å². The van der Waals surface area contributed by atoms with Gasteiger partial charge in [-0.3, -0.25) is 0 Å². The fourth-order valence-electron chi connectivity index (χ4n) is 1.96. The van der Waals surface area contributed by atoms with Gasteiger partial charge in [-0.05, 0) is 37.6 Å². The van der Waals surface area contributed by atoms with Crippen molar-refractivity contribution >= 4 is 27.4 Å². The summed E-state index contributed by atoms with van der Waals surface area (Å²) in [6.07, 6.45) is 0. The van der Waals surface area contributed by atoms with Gasteiger partial charge in [-0.25, -0.2) is 4.98 Å². The molecule has 1 aromatic heterocycles. The molecule has 20 heavy (non-hydrogen) atoms. The zero-order valence-electron chi connectivity index (χ0n) is 11.5. The van der Waals surface area contributed by atoms with E-state index in [1.165, 1.54) is 0 Å². The van der Waals surface area contributed by atoms with Gasteiger partial charge in [0.25, 0.3) is 0 Å². The van der Waals surface area contributed by atoms with Crippen LogP contribution in [0.1, 0.15) is 16.8 Å². The van der Waals surface area contributed by atoms with Crippen LogP contribution in [0.3, 0.4) is 0 Å². The number of methoxy groups -OCH3 is 1. The molecule has 0 atom stereocenters. The number of hydrogen-bond donors (Lipinski definition) is 1. The zero-order chi connectivity index (χ0) is 14.7. The molecule has 0 saturated heterocycles. The molecular formula is C15H14BrN3O. The summed E-state index contributed by atoms with van der Waals surface area (Å²) in [6.45, 7) is 3.81. The molecule has 0 aliphatic rings. The monoisotopic (exact) mass is 331 g/mol. The topological polar surface area (TPSA) is 57.9 Å². The van der Waals surface area contributed by atoms with Crippen molar-refractivity contribution in [3.8, 4) is 11.8 Å². The van der Waals surface area contributed by atoms with Crippen LogP contribution in [0.4, 0.5) is 11.5 Å². The lowest BCUT2D eigenvalue weighted by Crippen LogP contribution is -2.01. The Morgan fingerprint density at radius 3 is 2.65 bits per heavy atom. The number of pyridine rings is 1. The Hall–Kier alpha value is -2.06. The predicted molar refractivity (Wildman–Crippen MR) is 82.4 cm³/mol. The van der Waals surface area contributed by atoms with Crippen LogP contribution in [-0.2, 0) is 0 Å². The molecule has 0 aliphatic carbocycles. The number of benzene rings is 1. The summed E-state index contributed by atoms with van der Waals surface area (Å²) in [7, 11) is 1.61. The molecule has 1 N–H and O–H groups in total. The Morgan fingerprint density at radius 2 is 2.00 bits per heavy atom. The standard InChI is InChI=1S/C15H14BrN3O/c1-9-4-10(2)18-15(14(9)8-17)19-12-5-11(16)6-13(7-12)20-3/h4-7H,1-3H3,(H,18,19). The number of aryl methyl sites for hydroxylation is 2. The van der Waals surface area contributed by atoms with Crippen molar-refractivity contribution in [1.29, 1.82) is 5.26 Å². The Labute approximate surface area is 126 Å². The number of ether oxygens (including phenoxy) is 1. The van der Waals surface area contributed by atoms with E-state index in [1.54, 1.807) is 7.11 Å².